The molecule has 0 radical (unpaired) electrons. The molecule has 2 atom stereocenters. The van der Waals surface area contributed by atoms with Crippen LogP contribution in [-0.4, -0.2) is 36.2 Å². The van der Waals surface area contributed by atoms with Gasteiger partial charge in [0.1, 0.15) is 5.76 Å². The van der Waals surface area contributed by atoms with Gasteiger partial charge in [0.05, 0.1) is 11.7 Å². The van der Waals surface area contributed by atoms with E-state index in [1.165, 1.54) is 0 Å². The fourth-order valence-corrected chi connectivity index (χ4v) is 4.67. The molecule has 2 N–H and O–H groups in total. The first-order chi connectivity index (χ1) is 13.8. The molecule has 0 bridgehead atoms. The first-order valence-corrected chi connectivity index (χ1v) is 10.9. The molecule has 2 rings (SSSR count). The summed E-state index contributed by atoms with van der Waals surface area (Å²) in [6.45, 7) is 15.9. The number of aryl methyl sites for hydroxylation is 2. The summed E-state index contributed by atoms with van der Waals surface area (Å²) in [6.07, 6.45) is 5.87. The van der Waals surface area contributed by atoms with Gasteiger partial charge in [0, 0.05) is 24.9 Å². The molecule has 1 aliphatic carbocycles. The minimum Gasteiger partial charge on any atom is -0.445 e. The molecule has 1 aliphatic rings. The second kappa shape index (κ2) is 9.34. The highest BCUT2D eigenvalue weighted by Gasteiger charge is 2.41. The van der Waals surface area contributed by atoms with E-state index in [0.717, 1.165) is 49.4 Å². The smallest absolute Gasteiger partial charge is 0.314 e. The summed E-state index contributed by atoms with van der Waals surface area (Å²) in [6, 6.07) is -0.191. The average Bonchev–Trinajstić information content (AvgIpc) is 2.97. The zero-order chi connectivity index (χ0) is 22.6. The van der Waals surface area contributed by atoms with Crippen LogP contribution in [0.4, 0.5) is 4.79 Å². The quantitative estimate of drug-likeness (QED) is 0.389. The Balaban J connectivity index is 1.77. The summed E-state index contributed by atoms with van der Waals surface area (Å²) in [7, 11) is 0. The fraction of sp³-hybridized carbons (Fsp3) is 0.783. The molecule has 0 aromatic carbocycles. The van der Waals surface area contributed by atoms with Crippen molar-refractivity contribution in [3.05, 3.63) is 17.3 Å². The van der Waals surface area contributed by atoms with Gasteiger partial charge in [-0.25, -0.2) is 19.6 Å². The maximum atomic E-state index is 12.3. The van der Waals surface area contributed by atoms with Crippen molar-refractivity contribution in [1.82, 2.24) is 15.6 Å². The number of isocyanates is 1. The minimum absolute atomic E-state index is 0.0238. The molecule has 2 amide bonds. The number of carbonyl (C=O) groups is 1. The average molecular weight is 419 g/mol. The van der Waals surface area contributed by atoms with Crippen LogP contribution in [0.1, 0.15) is 84.6 Å². The lowest BCUT2D eigenvalue weighted by Gasteiger charge is -2.45. The van der Waals surface area contributed by atoms with Crippen molar-refractivity contribution in [3.8, 4) is 0 Å². The summed E-state index contributed by atoms with van der Waals surface area (Å²) in [4.78, 5) is 31.5. The molecule has 7 heteroatoms. The second-order valence-electron chi connectivity index (χ2n) is 10.9. The number of carbonyl (C=O) groups excluding carboxylic acids is 2. The van der Waals surface area contributed by atoms with Crippen LogP contribution in [0.25, 0.3) is 0 Å². The van der Waals surface area contributed by atoms with Crippen LogP contribution in [0.15, 0.2) is 9.41 Å². The molecule has 7 nitrogen and oxygen atoms in total. The summed E-state index contributed by atoms with van der Waals surface area (Å²) in [5.41, 5.74) is 0.798. The first kappa shape index (κ1) is 24.1. The van der Waals surface area contributed by atoms with Crippen molar-refractivity contribution in [1.29, 1.82) is 0 Å². The van der Waals surface area contributed by atoms with Crippen LogP contribution in [-0.2, 0) is 16.6 Å². The van der Waals surface area contributed by atoms with Gasteiger partial charge in [-0.1, -0.05) is 41.5 Å². The highest BCUT2D eigenvalue weighted by Crippen LogP contribution is 2.46. The number of rotatable bonds is 7. The third kappa shape index (κ3) is 6.98. The Morgan fingerprint density at radius 1 is 1.27 bits per heavy atom. The van der Waals surface area contributed by atoms with Crippen LogP contribution in [0, 0.1) is 17.8 Å². The lowest BCUT2D eigenvalue weighted by Crippen LogP contribution is -2.47. The predicted molar refractivity (Wildman–Crippen MR) is 117 cm³/mol. The van der Waals surface area contributed by atoms with Gasteiger partial charge in [-0.05, 0) is 43.4 Å². The molecule has 0 spiro atoms. The summed E-state index contributed by atoms with van der Waals surface area (Å²) in [5, 5.41) is 5.93. The summed E-state index contributed by atoms with van der Waals surface area (Å²) < 4.78 is 5.90. The lowest BCUT2D eigenvalue weighted by molar-refractivity contribution is 0.0850. The van der Waals surface area contributed by atoms with Crippen molar-refractivity contribution in [2.24, 2.45) is 15.8 Å². The Kier molecular flexibility index (Phi) is 7.51. The zero-order valence-electron chi connectivity index (χ0n) is 19.6. The normalized spacial score (nSPS) is 23.5. The Morgan fingerprint density at radius 2 is 1.97 bits per heavy atom. The standard InChI is InChI=1S/C23H38N4O3/c1-16-18(30-19(27-16)21(2,3)4)9-8-10-24-20(29)25-14-23(7)12-17(26-15-28)11-22(5,6)13-23/h17H,8-14H2,1-7H3,(H2,24,25,29). The molecular weight excluding hydrogens is 380 g/mol. The number of nitrogens with one attached hydrogen (secondary N) is 2. The molecule has 1 heterocycles. The van der Waals surface area contributed by atoms with E-state index >= 15 is 0 Å². The molecule has 30 heavy (non-hydrogen) atoms. The number of urea groups is 1. The topological polar surface area (TPSA) is 96.6 Å². The molecule has 1 saturated carbocycles. The van der Waals surface area contributed by atoms with E-state index in [-0.39, 0.29) is 28.3 Å². The van der Waals surface area contributed by atoms with E-state index in [4.69, 9.17) is 4.42 Å². The summed E-state index contributed by atoms with van der Waals surface area (Å²) in [5.74, 6) is 1.64. The Morgan fingerprint density at radius 3 is 2.57 bits per heavy atom. The number of aromatic nitrogens is 1. The van der Waals surface area contributed by atoms with Crippen LogP contribution >= 0.6 is 0 Å². The monoisotopic (exact) mass is 418 g/mol. The Labute approximate surface area is 180 Å². The van der Waals surface area contributed by atoms with Gasteiger partial charge < -0.3 is 15.1 Å². The lowest BCUT2D eigenvalue weighted by atomic mass is 9.63. The minimum atomic E-state index is -0.167. The van der Waals surface area contributed by atoms with Gasteiger partial charge in [-0.2, -0.15) is 0 Å². The Hall–Kier alpha value is -2.14. The molecule has 1 aromatic rings. The number of oxazole rings is 1. The SMILES string of the molecule is Cc1nc(C(C)(C)C)oc1CCCNC(=O)NCC1(C)CC(N=C=O)CC(C)(C)C1. The van der Waals surface area contributed by atoms with E-state index in [2.05, 4.69) is 62.2 Å². The van der Waals surface area contributed by atoms with Gasteiger partial charge in [0.15, 0.2) is 5.89 Å². The second-order valence-corrected chi connectivity index (χ2v) is 10.9. The zero-order valence-corrected chi connectivity index (χ0v) is 19.6. The molecule has 2 unspecified atom stereocenters. The number of amides is 2. The maximum Gasteiger partial charge on any atom is 0.314 e. The fourth-order valence-electron chi connectivity index (χ4n) is 4.67. The number of hydrogen-bond donors (Lipinski definition) is 2. The van der Waals surface area contributed by atoms with Crippen molar-refractivity contribution < 1.29 is 14.0 Å². The van der Waals surface area contributed by atoms with Crippen LogP contribution in [0.2, 0.25) is 0 Å². The summed E-state index contributed by atoms with van der Waals surface area (Å²) >= 11 is 0. The predicted octanol–water partition coefficient (Wildman–Crippen LogP) is 4.43. The van der Waals surface area contributed by atoms with Gasteiger partial charge in [0.25, 0.3) is 0 Å². The number of nitrogens with zero attached hydrogens (tertiary/aromatic N) is 2. The third-order valence-electron chi connectivity index (χ3n) is 5.73. The highest BCUT2D eigenvalue weighted by atomic mass is 16.4. The van der Waals surface area contributed by atoms with Gasteiger partial charge >= 0.3 is 6.03 Å². The van der Waals surface area contributed by atoms with Crippen molar-refractivity contribution in [2.45, 2.75) is 92.0 Å². The van der Waals surface area contributed by atoms with E-state index in [1.807, 2.05) is 6.92 Å². The first-order valence-electron chi connectivity index (χ1n) is 10.9. The van der Waals surface area contributed by atoms with Gasteiger partial charge in [-0.3, -0.25) is 0 Å². The molecular formula is C23H38N4O3. The molecule has 1 aromatic heterocycles. The molecule has 1 fully saturated rings. The maximum absolute atomic E-state index is 12.3. The highest BCUT2D eigenvalue weighted by molar-refractivity contribution is 5.73. The number of aliphatic imine (C=N–C) groups is 1. The van der Waals surface area contributed by atoms with E-state index in [1.54, 1.807) is 6.08 Å². The van der Waals surface area contributed by atoms with Crippen LogP contribution < -0.4 is 10.6 Å². The van der Waals surface area contributed by atoms with Crippen LogP contribution in [0.3, 0.4) is 0 Å². The molecule has 168 valence electrons. The van der Waals surface area contributed by atoms with E-state index in [9.17, 15) is 9.59 Å². The van der Waals surface area contributed by atoms with Gasteiger partial charge in [-0.15, -0.1) is 0 Å². The van der Waals surface area contributed by atoms with E-state index < -0.39 is 0 Å². The van der Waals surface area contributed by atoms with Crippen molar-refractivity contribution >= 4 is 12.1 Å². The van der Waals surface area contributed by atoms with Crippen LogP contribution in [0.5, 0.6) is 0 Å². The largest absolute Gasteiger partial charge is 0.445 e. The van der Waals surface area contributed by atoms with E-state index in [0.29, 0.717) is 13.1 Å². The molecule has 0 saturated heterocycles. The Bertz CT molecular complexity index is 787. The number of hydrogen-bond acceptors (Lipinski definition) is 5. The van der Waals surface area contributed by atoms with Crippen molar-refractivity contribution in [3.63, 3.8) is 0 Å². The van der Waals surface area contributed by atoms with Crippen molar-refractivity contribution in [2.75, 3.05) is 13.1 Å². The van der Waals surface area contributed by atoms with Gasteiger partial charge in [0.2, 0.25) is 6.08 Å². The third-order valence-corrected chi connectivity index (χ3v) is 5.73. The molecule has 0 aliphatic heterocycles.